The van der Waals surface area contributed by atoms with Gasteiger partial charge < -0.3 is 10.6 Å². The lowest BCUT2D eigenvalue weighted by molar-refractivity contribution is -0.119. The van der Waals surface area contributed by atoms with Crippen molar-refractivity contribution >= 4 is 11.8 Å². The molecule has 7 heteroatoms. The third-order valence-corrected chi connectivity index (χ3v) is 3.88. The van der Waals surface area contributed by atoms with Gasteiger partial charge in [0.25, 0.3) is 5.91 Å². The summed E-state index contributed by atoms with van der Waals surface area (Å²) in [5, 5.41) is 0. The first-order valence-electron chi connectivity index (χ1n) is 7.44. The lowest BCUT2D eigenvalue weighted by Crippen LogP contribution is -2.40. The molecule has 1 saturated heterocycles. The van der Waals surface area contributed by atoms with Gasteiger partial charge in [-0.2, -0.15) is 0 Å². The molecule has 1 aliphatic heterocycles. The smallest absolute Gasteiger partial charge is 0.256 e. The SMILES string of the molecule is Cc1nc([C@@H]2CCCN(CC(N)=O)C2)ncc1C(=O)N(C)C. The van der Waals surface area contributed by atoms with Crippen molar-refractivity contribution in [2.45, 2.75) is 25.7 Å². The minimum atomic E-state index is -0.315. The highest BCUT2D eigenvalue weighted by Gasteiger charge is 2.25. The maximum Gasteiger partial charge on any atom is 0.256 e. The minimum absolute atomic E-state index is 0.0944. The number of rotatable bonds is 4. The van der Waals surface area contributed by atoms with Crippen LogP contribution in [0.1, 0.15) is 40.6 Å². The topological polar surface area (TPSA) is 92.4 Å². The molecule has 2 rings (SSSR count). The highest BCUT2D eigenvalue weighted by atomic mass is 16.2. The van der Waals surface area contributed by atoms with Gasteiger partial charge in [-0.15, -0.1) is 0 Å². The van der Waals surface area contributed by atoms with E-state index in [0.717, 1.165) is 31.8 Å². The molecule has 120 valence electrons. The number of aryl methyl sites for hydroxylation is 1. The summed E-state index contributed by atoms with van der Waals surface area (Å²) >= 11 is 0. The van der Waals surface area contributed by atoms with Gasteiger partial charge in [-0.3, -0.25) is 14.5 Å². The molecule has 1 aromatic heterocycles. The van der Waals surface area contributed by atoms with Gasteiger partial charge in [0.15, 0.2) is 0 Å². The molecule has 22 heavy (non-hydrogen) atoms. The Labute approximate surface area is 130 Å². The van der Waals surface area contributed by atoms with Gasteiger partial charge in [-0.05, 0) is 26.3 Å². The number of hydrogen-bond donors (Lipinski definition) is 1. The molecule has 0 spiro atoms. The first-order chi connectivity index (χ1) is 10.4. The fourth-order valence-corrected chi connectivity index (χ4v) is 2.76. The number of primary amides is 1. The summed E-state index contributed by atoms with van der Waals surface area (Å²) in [4.78, 5) is 35.5. The van der Waals surface area contributed by atoms with Gasteiger partial charge in [0, 0.05) is 32.8 Å². The van der Waals surface area contributed by atoms with E-state index in [4.69, 9.17) is 5.73 Å². The van der Waals surface area contributed by atoms with Crippen LogP contribution in [0.25, 0.3) is 0 Å². The maximum atomic E-state index is 12.0. The number of carbonyl (C=O) groups is 2. The van der Waals surface area contributed by atoms with E-state index in [2.05, 4.69) is 9.97 Å². The van der Waals surface area contributed by atoms with Crippen molar-refractivity contribution in [1.82, 2.24) is 19.8 Å². The Morgan fingerprint density at radius 2 is 2.18 bits per heavy atom. The van der Waals surface area contributed by atoms with Crippen LogP contribution in [0.5, 0.6) is 0 Å². The number of hydrogen-bond acceptors (Lipinski definition) is 5. The van der Waals surface area contributed by atoms with Gasteiger partial charge in [0.1, 0.15) is 5.82 Å². The molecule has 0 bridgehead atoms. The highest BCUT2D eigenvalue weighted by Crippen LogP contribution is 2.24. The summed E-state index contributed by atoms with van der Waals surface area (Å²) in [7, 11) is 3.41. The number of amides is 2. The molecule has 1 atom stereocenters. The number of aromatic nitrogens is 2. The van der Waals surface area contributed by atoms with Crippen molar-refractivity contribution in [3.05, 3.63) is 23.3 Å². The Bertz CT molecular complexity index is 573. The van der Waals surface area contributed by atoms with E-state index in [1.807, 2.05) is 11.8 Å². The van der Waals surface area contributed by atoms with Crippen molar-refractivity contribution in [3.8, 4) is 0 Å². The predicted molar refractivity (Wildman–Crippen MR) is 82.4 cm³/mol. The first kappa shape index (κ1) is 16.4. The highest BCUT2D eigenvalue weighted by molar-refractivity contribution is 5.94. The second kappa shape index (κ2) is 6.83. The van der Waals surface area contributed by atoms with Crippen LogP contribution in [0, 0.1) is 6.92 Å². The quantitative estimate of drug-likeness (QED) is 0.855. The Morgan fingerprint density at radius 3 is 2.77 bits per heavy atom. The Kier molecular flexibility index (Phi) is 5.07. The fourth-order valence-electron chi connectivity index (χ4n) is 2.76. The zero-order chi connectivity index (χ0) is 16.3. The van der Waals surface area contributed by atoms with Crippen LogP contribution in [-0.4, -0.2) is 65.3 Å². The third-order valence-electron chi connectivity index (χ3n) is 3.88. The van der Waals surface area contributed by atoms with Crippen LogP contribution in [0.2, 0.25) is 0 Å². The van der Waals surface area contributed by atoms with Gasteiger partial charge in [0.2, 0.25) is 5.91 Å². The first-order valence-corrected chi connectivity index (χ1v) is 7.44. The van der Waals surface area contributed by atoms with Crippen molar-refractivity contribution < 1.29 is 9.59 Å². The van der Waals surface area contributed by atoms with Gasteiger partial charge in [0.05, 0.1) is 17.8 Å². The summed E-state index contributed by atoms with van der Waals surface area (Å²) in [6.07, 6.45) is 3.57. The molecule has 1 aromatic rings. The molecule has 2 N–H and O–H groups in total. The summed E-state index contributed by atoms with van der Waals surface area (Å²) in [5.41, 5.74) is 6.48. The van der Waals surface area contributed by atoms with E-state index >= 15 is 0 Å². The zero-order valence-electron chi connectivity index (χ0n) is 13.4. The van der Waals surface area contributed by atoms with E-state index in [9.17, 15) is 9.59 Å². The molecule has 1 fully saturated rings. The molecule has 0 radical (unpaired) electrons. The summed E-state index contributed by atoms with van der Waals surface area (Å²) in [6, 6.07) is 0. The number of piperidine rings is 1. The second-order valence-electron chi connectivity index (χ2n) is 5.97. The number of nitrogens with two attached hydrogens (primary N) is 1. The van der Waals surface area contributed by atoms with E-state index in [0.29, 0.717) is 11.3 Å². The molecule has 7 nitrogen and oxygen atoms in total. The van der Waals surface area contributed by atoms with Crippen molar-refractivity contribution in [1.29, 1.82) is 0 Å². The normalized spacial score (nSPS) is 19.0. The number of likely N-dealkylation sites (tertiary alicyclic amines) is 1. The van der Waals surface area contributed by atoms with Gasteiger partial charge in [-0.1, -0.05) is 0 Å². The summed E-state index contributed by atoms with van der Waals surface area (Å²) in [5.74, 6) is 0.505. The van der Waals surface area contributed by atoms with Crippen LogP contribution in [0.4, 0.5) is 0 Å². The lowest BCUT2D eigenvalue weighted by atomic mass is 9.97. The Morgan fingerprint density at radius 1 is 1.45 bits per heavy atom. The fraction of sp³-hybridized carbons (Fsp3) is 0.600. The lowest BCUT2D eigenvalue weighted by Gasteiger charge is -2.31. The third kappa shape index (κ3) is 3.79. The van der Waals surface area contributed by atoms with E-state index in [1.54, 1.807) is 20.3 Å². The largest absolute Gasteiger partial charge is 0.369 e. The molecule has 2 heterocycles. The maximum absolute atomic E-state index is 12.0. The average Bonchev–Trinajstić information content (AvgIpc) is 2.46. The molecular weight excluding hydrogens is 282 g/mol. The van der Waals surface area contributed by atoms with Crippen LogP contribution < -0.4 is 5.73 Å². The molecular formula is C15H23N5O2. The van der Waals surface area contributed by atoms with E-state index < -0.39 is 0 Å². The van der Waals surface area contributed by atoms with Crippen LogP contribution in [0.15, 0.2) is 6.20 Å². The summed E-state index contributed by atoms with van der Waals surface area (Å²) < 4.78 is 0. The van der Waals surface area contributed by atoms with E-state index in [1.165, 1.54) is 4.90 Å². The van der Waals surface area contributed by atoms with Gasteiger partial charge in [-0.25, -0.2) is 9.97 Å². The van der Waals surface area contributed by atoms with Gasteiger partial charge >= 0.3 is 0 Å². The van der Waals surface area contributed by atoms with Crippen LogP contribution >= 0.6 is 0 Å². The molecule has 0 unspecified atom stereocenters. The standard InChI is InChI=1S/C15H23N5O2/c1-10-12(15(22)19(2)3)7-17-14(18-10)11-5-4-6-20(8-11)9-13(16)21/h7,11H,4-6,8-9H2,1-3H3,(H2,16,21)/t11-/m1/s1. The van der Waals surface area contributed by atoms with Crippen molar-refractivity contribution in [2.24, 2.45) is 5.73 Å². The number of carbonyl (C=O) groups excluding carboxylic acids is 2. The summed E-state index contributed by atoms with van der Waals surface area (Å²) in [6.45, 7) is 3.69. The van der Waals surface area contributed by atoms with Crippen LogP contribution in [-0.2, 0) is 4.79 Å². The monoisotopic (exact) mass is 305 g/mol. The minimum Gasteiger partial charge on any atom is -0.369 e. The zero-order valence-corrected chi connectivity index (χ0v) is 13.4. The predicted octanol–water partition coefficient (Wildman–Crippen LogP) is 0.152. The van der Waals surface area contributed by atoms with Crippen LogP contribution in [0.3, 0.4) is 0 Å². The second-order valence-corrected chi connectivity index (χ2v) is 5.97. The van der Waals surface area contributed by atoms with Crippen molar-refractivity contribution in [2.75, 3.05) is 33.7 Å². The Balaban J connectivity index is 2.14. The van der Waals surface area contributed by atoms with Crippen molar-refractivity contribution in [3.63, 3.8) is 0 Å². The molecule has 1 aliphatic rings. The molecule has 0 aliphatic carbocycles. The average molecular weight is 305 g/mol. The molecule has 2 amide bonds. The number of nitrogens with zero attached hydrogens (tertiary/aromatic N) is 4. The van der Waals surface area contributed by atoms with E-state index in [-0.39, 0.29) is 24.3 Å². The molecule has 0 saturated carbocycles. The molecule has 0 aromatic carbocycles. The Hall–Kier alpha value is -2.02.